The molecule has 0 aliphatic rings. The maximum Gasteiger partial charge on any atom is 0.296 e. The van der Waals surface area contributed by atoms with Crippen molar-refractivity contribution in [3.05, 3.63) is 54.6 Å². The van der Waals surface area contributed by atoms with Gasteiger partial charge in [-0.1, -0.05) is 30.3 Å². The number of benzene rings is 2. The molecule has 5 N–H and O–H groups in total. The molecule has 0 saturated carbocycles. The molecule has 0 fully saturated rings. The first kappa shape index (κ1) is 14.2. The van der Waals surface area contributed by atoms with Gasteiger partial charge in [-0.05, 0) is 24.3 Å². The third-order valence-corrected chi connectivity index (χ3v) is 3.13. The van der Waals surface area contributed by atoms with E-state index < -0.39 is 10.1 Å². The Balaban J connectivity index is 0.00000162. The molecule has 2 aromatic rings. The lowest BCUT2D eigenvalue weighted by Gasteiger charge is -2.09. The van der Waals surface area contributed by atoms with Crippen LogP contribution in [0.25, 0.3) is 0 Å². The maximum atomic E-state index is 11.2. The third kappa shape index (κ3) is 3.30. The minimum Gasteiger partial charge on any atom is -0.354 e. The molecule has 2 rings (SSSR count). The van der Waals surface area contributed by atoms with Gasteiger partial charge in [0.1, 0.15) is 4.90 Å². The van der Waals surface area contributed by atoms with Crippen LogP contribution in [0.2, 0.25) is 0 Å². The van der Waals surface area contributed by atoms with E-state index in [-0.39, 0.29) is 11.0 Å². The number of nitrogens with one attached hydrogen (secondary N) is 1. The van der Waals surface area contributed by atoms with E-state index >= 15 is 0 Å². The Bertz CT molecular complexity index is 612. The lowest BCUT2D eigenvalue weighted by Crippen LogP contribution is -2.02. The Morgan fingerprint density at radius 2 is 1.44 bits per heavy atom. The summed E-state index contributed by atoms with van der Waals surface area (Å²) < 4.78 is 31.4. The molecule has 2 aromatic carbocycles. The maximum absolute atomic E-state index is 11.2. The highest BCUT2D eigenvalue weighted by Crippen LogP contribution is 2.24. The number of rotatable bonds is 3. The molecule has 0 atom stereocenters. The summed E-state index contributed by atoms with van der Waals surface area (Å²) >= 11 is 0. The zero-order valence-corrected chi connectivity index (χ0v) is 10.4. The molecule has 96 valence electrons. The molecule has 0 aliphatic carbocycles. The zero-order chi connectivity index (χ0) is 12.3. The predicted octanol–water partition coefficient (Wildman–Crippen LogP) is 2.84. The van der Waals surface area contributed by atoms with Crippen LogP contribution in [0.1, 0.15) is 0 Å². The minimum atomic E-state index is -4.22. The van der Waals surface area contributed by atoms with Gasteiger partial charge in [0.15, 0.2) is 0 Å². The van der Waals surface area contributed by atoms with Gasteiger partial charge < -0.3 is 11.5 Å². The van der Waals surface area contributed by atoms with Crippen LogP contribution in [0.15, 0.2) is 59.5 Å². The first-order valence-corrected chi connectivity index (χ1v) is 6.40. The summed E-state index contributed by atoms with van der Waals surface area (Å²) in [6.45, 7) is 0. The largest absolute Gasteiger partial charge is 0.354 e. The molecule has 0 amide bonds. The van der Waals surface area contributed by atoms with Gasteiger partial charge in [0.25, 0.3) is 10.1 Å². The molecule has 0 saturated heterocycles. The van der Waals surface area contributed by atoms with E-state index in [1.54, 1.807) is 30.3 Å². The van der Waals surface area contributed by atoms with E-state index in [9.17, 15) is 8.42 Å². The van der Waals surface area contributed by atoms with Gasteiger partial charge in [-0.25, -0.2) is 0 Å². The van der Waals surface area contributed by atoms with Crippen LogP contribution in [0.4, 0.5) is 11.4 Å². The highest BCUT2D eigenvalue weighted by molar-refractivity contribution is 7.86. The second-order valence-electron chi connectivity index (χ2n) is 3.46. The van der Waals surface area contributed by atoms with Crippen molar-refractivity contribution in [2.45, 2.75) is 4.90 Å². The normalized spacial score (nSPS) is 10.5. The minimum absolute atomic E-state index is 0. The summed E-state index contributed by atoms with van der Waals surface area (Å²) in [5, 5.41) is 2.94. The Morgan fingerprint density at radius 1 is 0.889 bits per heavy atom. The Hall–Kier alpha value is -1.89. The Labute approximate surface area is 106 Å². The summed E-state index contributed by atoms with van der Waals surface area (Å²) in [7, 11) is -4.22. The van der Waals surface area contributed by atoms with Crippen LogP contribution in [0, 0.1) is 0 Å². The van der Waals surface area contributed by atoms with Crippen molar-refractivity contribution in [2.75, 3.05) is 5.32 Å². The molecule has 18 heavy (non-hydrogen) atoms. The predicted molar refractivity (Wildman–Crippen MR) is 71.0 cm³/mol. The van der Waals surface area contributed by atoms with Gasteiger partial charge in [0, 0.05) is 5.69 Å². The van der Waals surface area contributed by atoms with Crippen molar-refractivity contribution in [1.29, 1.82) is 0 Å². The van der Waals surface area contributed by atoms with E-state index in [1.165, 1.54) is 6.07 Å². The molecule has 0 bridgehead atoms. The van der Waals surface area contributed by atoms with Crippen LogP contribution < -0.4 is 11.5 Å². The van der Waals surface area contributed by atoms with E-state index in [4.69, 9.17) is 4.55 Å². The first-order valence-electron chi connectivity index (χ1n) is 4.96. The standard InChI is InChI=1S/C12H11NO3S.H3N/c14-17(15,16)12-9-5-4-8-11(12)13-10-6-2-1-3-7-10;/h1-9,13H,(H,14,15,16);1H3. The van der Waals surface area contributed by atoms with Crippen LogP contribution in [-0.4, -0.2) is 13.0 Å². The highest BCUT2D eigenvalue weighted by Gasteiger charge is 2.14. The summed E-state index contributed by atoms with van der Waals surface area (Å²) in [5.41, 5.74) is 1.10. The lowest BCUT2D eigenvalue weighted by atomic mass is 10.3. The van der Waals surface area contributed by atoms with Crippen LogP contribution >= 0.6 is 0 Å². The van der Waals surface area contributed by atoms with Crippen molar-refractivity contribution >= 4 is 21.5 Å². The van der Waals surface area contributed by atoms with Crippen molar-refractivity contribution < 1.29 is 13.0 Å². The van der Waals surface area contributed by atoms with Gasteiger partial charge in [-0.3, -0.25) is 4.55 Å². The van der Waals surface area contributed by atoms with E-state index in [2.05, 4.69) is 5.32 Å². The van der Waals surface area contributed by atoms with E-state index in [1.807, 2.05) is 18.2 Å². The molecule has 0 aliphatic heterocycles. The zero-order valence-electron chi connectivity index (χ0n) is 9.58. The smallest absolute Gasteiger partial charge is 0.296 e. The third-order valence-electron chi connectivity index (χ3n) is 2.22. The summed E-state index contributed by atoms with van der Waals surface area (Å²) in [4.78, 5) is -0.135. The van der Waals surface area contributed by atoms with Crippen molar-refractivity contribution in [3.63, 3.8) is 0 Å². The van der Waals surface area contributed by atoms with Crippen LogP contribution in [-0.2, 0) is 10.1 Å². The summed E-state index contributed by atoms with van der Waals surface area (Å²) in [6, 6.07) is 15.3. The van der Waals surface area contributed by atoms with Crippen molar-refractivity contribution in [1.82, 2.24) is 6.15 Å². The Kier molecular flexibility index (Phi) is 4.43. The first-order chi connectivity index (χ1) is 8.07. The van der Waals surface area contributed by atoms with Gasteiger partial charge in [0.05, 0.1) is 5.69 Å². The highest BCUT2D eigenvalue weighted by atomic mass is 32.2. The van der Waals surface area contributed by atoms with Crippen molar-refractivity contribution in [3.8, 4) is 0 Å². The fraction of sp³-hybridized carbons (Fsp3) is 0. The molecule has 0 heterocycles. The van der Waals surface area contributed by atoms with Gasteiger partial charge >= 0.3 is 0 Å². The summed E-state index contributed by atoms with van der Waals surface area (Å²) in [5.74, 6) is 0. The van der Waals surface area contributed by atoms with Crippen molar-refractivity contribution in [2.24, 2.45) is 0 Å². The molecule has 0 spiro atoms. The van der Waals surface area contributed by atoms with Crippen LogP contribution in [0.5, 0.6) is 0 Å². The monoisotopic (exact) mass is 266 g/mol. The molecule has 0 unspecified atom stereocenters. The fourth-order valence-electron chi connectivity index (χ4n) is 1.47. The van der Waals surface area contributed by atoms with E-state index in [0.29, 0.717) is 5.69 Å². The number of anilines is 2. The number of hydrogen-bond acceptors (Lipinski definition) is 4. The molecule has 0 aromatic heterocycles. The van der Waals surface area contributed by atoms with Gasteiger partial charge in [-0.15, -0.1) is 0 Å². The van der Waals surface area contributed by atoms with E-state index in [0.717, 1.165) is 5.69 Å². The number of para-hydroxylation sites is 2. The molecule has 6 heteroatoms. The molecular weight excluding hydrogens is 252 g/mol. The number of hydrogen-bond donors (Lipinski definition) is 3. The molecular formula is C12H14N2O3S. The second kappa shape index (κ2) is 5.63. The average molecular weight is 266 g/mol. The topological polar surface area (TPSA) is 101 Å². The quantitative estimate of drug-likeness (QED) is 0.741. The van der Waals surface area contributed by atoms with Gasteiger partial charge in [0.2, 0.25) is 0 Å². The molecule has 5 nitrogen and oxygen atoms in total. The van der Waals surface area contributed by atoms with Gasteiger partial charge in [-0.2, -0.15) is 8.42 Å². The second-order valence-corrected chi connectivity index (χ2v) is 4.85. The fourth-order valence-corrected chi connectivity index (χ4v) is 2.12. The summed E-state index contributed by atoms with van der Waals surface area (Å²) in [6.07, 6.45) is 0. The Morgan fingerprint density at radius 3 is 2.06 bits per heavy atom. The average Bonchev–Trinajstić information content (AvgIpc) is 2.30. The van der Waals surface area contributed by atoms with Crippen LogP contribution in [0.3, 0.4) is 0 Å². The SMILES string of the molecule is N.O=S(=O)(O)c1ccccc1Nc1ccccc1. The molecule has 0 radical (unpaired) electrons. The lowest BCUT2D eigenvalue weighted by molar-refractivity contribution is 0.483.